The van der Waals surface area contributed by atoms with E-state index in [2.05, 4.69) is 30.7 Å². The molecule has 1 aliphatic rings. The van der Waals surface area contributed by atoms with E-state index in [0.29, 0.717) is 21.7 Å². The van der Waals surface area contributed by atoms with Crippen LogP contribution in [0.1, 0.15) is 45.7 Å². The van der Waals surface area contributed by atoms with Crippen LogP contribution < -0.4 is 11.3 Å². The normalized spacial score (nSPS) is 27.6. The van der Waals surface area contributed by atoms with Crippen LogP contribution in [0.25, 0.3) is 0 Å². The third-order valence-electron chi connectivity index (χ3n) is 4.18. The molecule has 0 amide bonds. The quantitative estimate of drug-likeness (QED) is 0.823. The minimum atomic E-state index is -0.0863. The van der Waals surface area contributed by atoms with Crippen molar-refractivity contribution >= 4 is 11.8 Å². The zero-order valence-corrected chi connectivity index (χ0v) is 13.6. The number of hydrogen-bond acceptors (Lipinski definition) is 4. The van der Waals surface area contributed by atoms with Crippen LogP contribution in [-0.4, -0.2) is 21.3 Å². The summed E-state index contributed by atoms with van der Waals surface area (Å²) >= 11 is 1.63. The lowest BCUT2D eigenvalue weighted by molar-refractivity contribution is 0.174. The third-order valence-corrected chi connectivity index (χ3v) is 5.44. The lowest BCUT2D eigenvalue weighted by Crippen LogP contribution is -2.41. The molecule has 20 heavy (non-hydrogen) atoms. The van der Waals surface area contributed by atoms with E-state index in [9.17, 15) is 4.79 Å². The molecule has 1 saturated carbocycles. The summed E-state index contributed by atoms with van der Waals surface area (Å²) in [5.41, 5.74) is 7.25. The van der Waals surface area contributed by atoms with E-state index in [0.717, 1.165) is 18.5 Å². The van der Waals surface area contributed by atoms with Gasteiger partial charge in [0.25, 0.3) is 5.56 Å². The van der Waals surface area contributed by atoms with E-state index in [4.69, 9.17) is 5.73 Å². The fourth-order valence-electron chi connectivity index (χ4n) is 2.83. The van der Waals surface area contributed by atoms with E-state index in [-0.39, 0.29) is 11.6 Å². The summed E-state index contributed by atoms with van der Waals surface area (Å²) in [5.74, 6) is 0.677. The summed E-state index contributed by atoms with van der Waals surface area (Å²) in [5, 5.41) is 1.03. The van der Waals surface area contributed by atoms with Crippen molar-refractivity contribution < 1.29 is 0 Å². The highest BCUT2D eigenvalue weighted by Gasteiger charge is 2.35. The van der Waals surface area contributed by atoms with Crippen LogP contribution >= 0.6 is 11.8 Å². The molecule has 2 rings (SSSR count). The Morgan fingerprint density at radius 2 is 2.10 bits per heavy atom. The molecule has 5 heteroatoms. The standard InChI is InChI=1S/C15H25N3OS/c1-9-7-13(19)18-14(17-9)20-12-8-10(15(2,3)4)5-6-11(12)16/h7,10-12H,5-6,8,16H2,1-4H3,(H,17,18,19). The van der Waals surface area contributed by atoms with Gasteiger partial charge in [-0.25, -0.2) is 4.98 Å². The summed E-state index contributed by atoms with van der Waals surface area (Å²) < 4.78 is 0. The Bertz CT molecular complexity index is 521. The molecule has 0 bridgehead atoms. The van der Waals surface area contributed by atoms with Crippen molar-refractivity contribution in [2.45, 2.75) is 63.4 Å². The topological polar surface area (TPSA) is 71.8 Å². The second kappa shape index (κ2) is 5.90. The largest absolute Gasteiger partial charge is 0.327 e. The van der Waals surface area contributed by atoms with Crippen LogP contribution in [0.15, 0.2) is 16.0 Å². The van der Waals surface area contributed by atoms with Crippen molar-refractivity contribution in [3.63, 3.8) is 0 Å². The maximum absolute atomic E-state index is 11.5. The molecule has 3 N–H and O–H groups in total. The predicted molar refractivity (Wildman–Crippen MR) is 84.0 cm³/mol. The second-order valence-electron chi connectivity index (χ2n) is 6.89. The highest BCUT2D eigenvalue weighted by molar-refractivity contribution is 7.99. The molecule has 1 aliphatic carbocycles. The summed E-state index contributed by atoms with van der Waals surface area (Å²) in [7, 11) is 0. The summed E-state index contributed by atoms with van der Waals surface area (Å²) in [6.45, 7) is 8.73. The van der Waals surface area contributed by atoms with Gasteiger partial charge in [-0.3, -0.25) is 4.79 Å². The van der Waals surface area contributed by atoms with Gasteiger partial charge in [0.1, 0.15) is 0 Å². The molecule has 3 unspecified atom stereocenters. The van der Waals surface area contributed by atoms with Gasteiger partial charge in [-0.1, -0.05) is 32.5 Å². The first-order chi connectivity index (χ1) is 9.25. The molecule has 0 aromatic carbocycles. The van der Waals surface area contributed by atoms with Gasteiger partial charge in [0.05, 0.1) is 0 Å². The Balaban J connectivity index is 2.12. The van der Waals surface area contributed by atoms with Crippen LogP contribution in [0, 0.1) is 18.3 Å². The number of thioether (sulfide) groups is 1. The number of rotatable bonds is 2. The fraction of sp³-hybridized carbons (Fsp3) is 0.733. The lowest BCUT2D eigenvalue weighted by atomic mass is 9.71. The van der Waals surface area contributed by atoms with Gasteiger partial charge in [-0.2, -0.15) is 0 Å². The van der Waals surface area contributed by atoms with Gasteiger partial charge < -0.3 is 10.7 Å². The van der Waals surface area contributed by atoms with E-state index >= 15 is 0 Å². The monoisotopic (exact) mass is 295 g/mol. The highest BCUT2D eigenvalue weighted by Crippen LogP contribution is 2.42. The van der Waals surface area contributed by atoms with Crippen molar-refractivity contribution in [2.24, 2.45) is 17.1 Å². The van der Waals surface area contributed by atoms with E-state index < -0.39 is 0 Å². The predicted octanol–water partition coefficient (Wildman–Crippen LogP) is 2.71. The highest BCUT2D eigenvalue weighted by atomic mass is 32.2. The minimum Gasteiger partial charge on any atom is -0.327 e. The molecule has 3 atom stereocenters. The van der Waals surface area contributed by atoms with Crippen molar-refractivity contribution in [1.29, 1.82) is 0 Å². The van der Waals surface area contributed by atoms with E-state index in [1.165, 1.54) is 12.5 Å². The number of H-pyrrole nitrogens is 1. The molecular formula is C15H25N3OS. The van der Waals surface area contributed by atoms with Crippen molar-refractivity contribution in [3.8, 4) is 0 Å². The first-order valence-corrected chi connectivity index (χ1v) is 8.14. The number of aryl methyl sites for hydroxylation is 1. The van der Waals surface area contributed by atoms with Crippen molar-refractivity contribution in [1.82, 2.24) is 9.97 Å². The van der Waals surface area contributed by atoms with E-state index in [1.807, 2.05) is 6.92 Å². The summed E-state index contributed by atoms with van der Waals surface area (Å²) in [6, 6.07) is 1.70. The molecule has 0 spiro atoms. The Hall–Kier alpha value is -0.810. The van der Waals surface area contributed by atoms with Crippen molar-refractivity contribution in [3.05, 3.63) is 22.1 Å². The van der Waals surface area contributed by atoms with Crippen LogP contribution in [0.5, 0.6) is 0 Å². The summed E-state index contributed by atoms with van der Waals surface area (Å²) in [6.07, 6.45) is 3.34. The molecule has 112 valence electrons. The molecule has 0 saturated heterocycles. The smallest absolute Gasteiger partial charge is 0.251 e. The van der Waals surface area contributed by atoms with Gasteiger partial charge in [-0.05, 0) is 37.5 Å². The molecule has 1 aromatic rings. The SMILES string of the molecule is Cc1cc(=O)[nH]c(SC2CC(C(C)(C)C)CCC2N)n1. The maximum atomic E-state index is 11.5. The zero-order valence-electron chi connectivity index (χ0n) is 12.8. The minimum absolute atomic E-state index is 0.0863. The Labute approximate surface area is 125 Å². The molecule has 1 heterocycles. The number of aromatic amines is 1. The first-order valence-electron chi connectivity index (χ1n) is 7.26. The van der Waals surface area contributed by atoms with Gasteiger partial charge >= 0.3 is 0 Å². The van der Waals surface area contributed by atoms with Crippen LogP contribution in [-0.2, 0) is 0 Å². The fourth-order valence-corrected chi connectivity index (χ4v) is 4.11. The third kappa shape index (κ3) is 3.85. The number of nitrogens with two attached hydrogens (primary N) is 1. The number of nitrogens with zero attached hydrogens (tertiary/aromatic N) is 1. The average Bonchev–Trinajstić information content (AvgIpc) is 2.29. The maximum Gasteiger partial charge on any atom is 0.251 e. The van der Waals surface area contributed by atoms with E-state index in [1.54, 1.807) is 11.8 Å². The number of aromatic nitrogens is 2. The Morgan fingerprint density at radius 3 is 2.70 bits per heavy atom. The van der Waals surface area contributed by atoms with Gasteiger partial charge in [0.2, 0.25) is 0 Å². The average molecular weight is 295 g/mol. The molecule has 4 nitrogen and oxygen atoms in total. The molecule has 0 radical (unpaired) electrons. The Kier molecular flexibility index (Phi) is 4.59. The molecular weight excluding hydrogens is 270 g/mol. The Morgan fingerprint density at radius 1 is 1.40 bits per heavy atom. The second-order valence-corrected chi connectivity index (χ2v) is 8.12. The lowest BCUT2D eigenvalue weighted by Gasteiger charge is -2.40. The molecule has 1 fully saturated rings. The number of nitrogens with one attached hydrogen (secondary N) is 1. The van der Waals surface area contributed by atoms with Crippen LogP contribution in [0.4, 0.5) is 0 Å². The van der Waals surface area contributed by atoms with Crippen LogP contribution in [0.2, 0.25) is 0 Å². The van der Waals surface area contributed by atoms with Crippen molar-refractivity contribution in [2.75, 3.05) is 0 Å². The molecule has 0 aliphatic heterocycles. The zero-order chi connectivity index (χ0) is 14.9. The van der Waals surface area contributed by atoms with Gasteiger partial charge in [0.15, 0.2) is 5.16 Å². The van der Waals surface area contributed by atoms with Gasteiger partial charge in [0, 0.05) is 23.1 Å². The summed E-state index contributed by atoms with van der Waals surface area (Å²) in [4.78, 5) is 18.7. The van der Waals surface area contributed by atoms with Gasteiger partial charge in [-0.15, -0.1) is 0 Å². The molecule has 1 aromatic heterocycles. The number of hydrogen-bond donors (Lipinski definition) is 2. The van der Waals surface area contributed by atoms with Crippen LogP contribution in [0.3, 0.4) is 0 Å². The first kappa shape index (κ1) is 15.6.